The Morgan fingerprint density at radius 3 is 1.33 bits per heavy atom. The highest BCUT2D eigenvalue weighted by Crippen LogP contribution is 2.40. The molecule has 0 aliphatic heterocycles. The summed E-state index contributed by atoms with van der Waals surface area (Å²) in [6, 6.07) is 65.9. The van der Waals surface area contributed by atoms with Crippen molar-refractivity contribution in [2.75, 3.05) is 0 Å². The first-order chi connectivity index (χ1) is 27.2. The summed E-state index contributed by atoms with van der Waals surface area (Å²) in [5.74, 6) is 1.81. The Morgan fingerprint density at radius 2 is 0.709 bits per heavy atom. The Balaban J connectivity index is 1.02. The summed E-state index contributed by atoms with van der Waals surface area (Å²) in [5, 5.41) is 9.73. The average Bonchev–Trinajstić information content (AvgIpc) is 3.65. The van der Waals surface area contributed by atoms with Gasteiger partial charge in [0.2, 0.25) is 0 Å². The van der Waals surface area contributed by atoms with Gasteiger partial charge in [-0.3, -0.25) is 0 Å². The van der Waals surface area contributed by atoms with Crippen molar-refractivity contribution in [2.45, 2.75) is 0 Å². The van der Waals surface area contributed by atoms with Crippen LogP contribution in [0.4, 0.5) is 0 Å². The molecule has 0 atom stereocenters. The highest BCUT2D eigenvalue weighted by Gasteiger charge is 2.18. The van der Waals surface area contributed by atoms with E-state index in [2.05, 4.69) is 121 Å². The van der Waals surface area contributed by atoms with Gasteiger partial charge in [0, 0.05) is 21.9 Å². The molecule has 4 heteroatoms. The van der Waals surface area contributed by atoms with Crippen molar-refractivity contribution in [3.63, 3.8) is 0 Å². The lowest BCUT2D eigenvalue weighted by atomic mass is 9.91. The number of aromatic nitrogens is 3. The molecular weight excluding hydrogens is 671 g/mol. The average molecular weight is 702 g/mol. The van der Waals surface area contributed by atoms with Gasteiger partial charge >= 0.3 is 0 Å². The van der Waals surface area contributed by atoms with Crippen LogP contribution < -0.4 is 0 Å². The third-order valence-electron chi connectivity index (χ3n) is 10.7. The van der Waals surface area contributed by atoms with Gasteiger partial charge in [0.25, 0.3) is 0 Å². The first-order valence-electron chi connectivity index (χ1n) is 18.5. The molecule has 0 aliphatic carbocycles. The van der Waals surface area contributed by atoms with E-state index in [0.29, 0.717) is 17.5 Å². The van der Waals surface area contributed by atoms with E-state index >= 15 is 0 Å². The zero-order valence-corrected chi connectivity index (χ0v) is 29.6. The molecule has 2 aromatic heterocycles. The fraction of sp³-hybridized carbons (Fsp3) is 0. The maximum absolute atomic E-state index is 6.62. The number of rotatable bonds is 5. The van der Waals surface area contributed by atoms with Gasteiger partial charge in [0.15, 0.2) is 17.5 Å². The Labute approximate surface area is 317 Å². The van der Waals surface area contributed by atoms with Crippen molar-refractivity contribution < 1.29 is 4.42 Å². The number of benzene rings is 9. The first-order valence-corrected chi connectivity index (χ1v) is 18.5. The predicted molar refractivity (Wildman–Crippen MR) is 227 cm³/mol. The molecule has 256 valence electrons. The lowest BCUT2D eigenvalue weighted by Gasteiger charge is -2.12. The van der Waals surface area contributed by atoms with E-state index in [1.807, 2.05) is 66.7 Å². The van der Waals surface area contributed by atoms with Crippen LogP contribution in [0.1, 0.15) is 0 Å². The third-order valence-corrected chi connectivity index (χ3v) is 10.7. The number of hydrogen-bond acceptors (Lipinski definition) is 4. The molecule has 0 fully saturated rings. The molecule has 4 nitrogen and oxygen atoms in total. The quantitative estimate of drug-likeness (QED) is 0.168. The lowest BCUT2D eigenvalue weighted by molar-refractivity contribution is 0.669. The van der Waals surface area contributed by atoms with Crippen LogP contribution >= 0.6 is 0 Å². The highest BCUT2D eigenvalue weighted by atomic mass is 16.3. The van der Waals surface area contributed by atoms with E-state index in [4.69, 9.17) is 19.4 Å². The fourth-order valence-electron chi connectivity index (χ4n) is 8.05. The van der Waals surface area contributed by atoms with Crippen LogP contribution in [0.25, 0.3) is 111 Å². The van der Waals surface area contributed by atoms with Crippen molar-refractivity contribution in [1.82, 2.24) is 15.0 Å². The summed E-state index contributed by atoms with van der Waals surface area (Å²) >= 11 is 0. The summed E-state index contributed by atoms with van der Waals surface area (Å²) in [7, 11) is 0. The molecule has 0 saturated carbocycles. The normalized spacial score (nSPS) is 11.6. The van der Waals surface area contributed by atoms with Crippen LogP contribution in [-0.4, -0.2) is 15.0 Å². The first kappa shape index (κ1) is 31.1. The summed E-state index contributed by atoms with van der Waals surface area (Å²) in [4.78, 5) is 14.9. The van der Waals surface area contributed by atoms with Crippen LogP contribution in [0.15, 0.2) is 192 Å². The molecule has 55 heavy (non-hydrogen) atoms. The van der Waals surface area contributed by atoms with E-state index in [0.717, 1.165) is 49.8 Å². The molecule has 0 amide bonds. The van der Waals surface area contributed by atoms with Gasteiger partial charge in [0.05, 0.1) is 5.56 Å². The zero-order chi connectivity index (χ0) is 36.3. The molecule has 0 unspecified atom stereocenters. The minimum atomic E-state index is 0.571. The Bertz CT molecular complexity index is 3170. The smallest absolute Gasteiger partial charge is 0.167 e. The molecule has 0 radical (unpaired) electrons. The number of nitrogens with zero attached hydrogens (tertiary/aromatic N) is 3. The minimum Gasteiger partial charge on any atom is -0.455 e. The molecule has 2 heterocycles. The molecule has 0 N–H and O–H groups in total. The Hall–Kier alpha value is -7.43. The van der Waals surface area contributed by atoms with Gasteiger partial charge < -0.3 is 4.42 Å². The molecule has 11 aromatic rings. The maximum atomic E-state index is 6.62. The van der Waals surface area contributed by atoms with Crippen LogP contribution in [0.3, 0.4) is 0 Å². The van der Waals surface area contributed by atoms with E-state index in [1.54, 1.807) is 0 Å². The molecular formula is C51H31N3O. The van der Waals surface area contributed by atoms with Crippen molar-refractivity contribution in [1.29, 1.82) is 0 Å². The Morgan fingerprint density at radius 1 is 0.273 bits per heavy atom. The number of para-hydroxylation sites is 1. The van der Waals surface area contributed by atoms with Gasteiger partial charge in [-0.25, -0.2) is 15.0 Å². The highest BCUT2D eigenvalue weighted by molar-refractivity contribution is 6.25. The molecule has 0 saturated heterocycles. The topological polar surface area (TPSA) is 51.8 Å². The number of hydrogen-bond donors (Lipinski definition) is 0. The molecule has 0 aliphatic rings. The second kappa shape index (κ2) is 12.6. The number of furan rings is 1. The van der Waals surface area contributed by atoms with Crippen LogP contribution in [0.5, 0.6) is 0 Å². The van der Waals surface area contributed by atoms with Crippen molar-refractivity contribution >= 4 is 54.3 Å². The lowest BCUT2D eigenvalue weighted by Crippen LogP contribution is -2.00. The van der Waals surface area contributed by atoms with E-state index in [1.165, 1.54) is 43.4 Å². The largest absolute Gasteiger partial charge is 0.455 e. The van der Waals surface area contributed by atoms with Crippen molar-refractivity contribution in [2.24, 2.45) is 0 Å². The number of fused-ring (bicyclic) bond motifs is 9. The maximum Gasteiger partial charge on any atom is 0.167 e. The van der Waals surface area contributed by atoms with E-state index in [-0.39, 0.29) is 0 Å². The van der Waals surface area contributed by atoms with Crippen molar-refractivity contribution in [3.8, 4) is 56.4 Å². The zero-order valence-electron chi connectivity index (χ0n) is 29.6. The van der Waals surface area contributed by atoms with Crippen LogP contribution in [-0.2, 0) is 0 Å². The van der Waals surface area contributed by atoms with Gasteiger partial charge in [-0.2, -0.15) is 0 Å². The minimum absolute atomic E-state index is 0.571. The van der Waals surface area contributed by atoms with Gasteiger partial charge in [-0.15, -0.1) is 0 Å². The monoisotopic (exact) mass is 701 g/mol. The van der Waals surface area contributed by atoms with Gasteiger partial charge in [-0.1, -0.05) is 158 Å². The molecule has 9 aromatic carbocycles. The summed E-state index contributed by atoms with van der Waals surface area (Å²) in [6.45, 7) is 0. The van der Waals surface area contributed by atoms with E-state index < -0.39 is 0 Å². The standard InChI is InChI=1S/C51H31N3O/c1-3-13-32(14-4-1)49-52-50(33-15-5-2-6-16-33)54-51(53-49)44-24-12-23-43-46-31-37(26-28-47(46)55-48(43)44)35-18-11-17-34(29-35)36-25-27-42-40-21-8-7-19-38(40)39-20-9-10-22-41(39)45(42)30-36/h1-31H. The second-order valence-electron chi connectivity index (χ2n) is 14.0. The van der Waals surface area contributed by atoms with E-state index in [9.17, 15) is 0 Å². The fourth-order valence-corrected chi connectivity index (χ4v) is 8.05. The Kier molecular flexibility index (Phi) is 7.14. The summed E-state index contributed by atoms with van der Waals surface area (Å²) in [6.07, 6.45) is 0. The SMILES string of the molecule is c1ccc(-c2nc(-c3ccccc3)nc(-c3cccc4c3oc3ccc(-c5cccc(-c6ccc7c8ccccc8c8ccccc8c7c6)c5)cc34)n2)cc1. The molecule has 0 spiro atoms. The summed E-state index contributed by atoms with van der Waals surface area (Å²) < 4.78 is 6.62. The van der Waals surface area contributed by atoms with Crippen LogP contribution in [0.2, 0.25) is 0 Å². The molecule has 11 rings (SSSR count). The van der Waals surface area contributed by atoms with Crippen molar-refractivity contribution in [3.05, 3.63) is 188 Å². The van der Waals surface area contributed by atoms with Gasteiger partial charge in [-0.05, 0) is 84.9 Å². The summed E-state index contributed by atoms with van der Waals surface area (Å²) in [5.41, 5.74) is 8.88. The molecule has 0 bridgehead atoms. The third kappa shape index (κ3) is 5.26. The van der Waals surface area contributed by atoms with Gasteiger partial charge in [0.1, 0.15) is 11.2 Å². The van der Waals surface area contributed by atoms with Crippen LogP contribution in [0, 0.1) is 0 Å². The predicted octanol–water partition coefficient (Wildman–Crippen LogP) is 13.6. The second-order valence-corrected chi connectivity index (χ2v) is 14.0.